The molecule has 0 heterocycles. The lowest BCUT2D eigenvalue weighted by atomic mass is 10.1. The summed E-state index contributed by atoms with van der Waals surface area (Å²) in [5.41, 5.74) is 3.45. The summed E-state index contributed by atoms with van der Waals surface area (Å²) in [7, 11) is 0. The Morgan fingerprint density at radius 2 is 1.33 bits per heavy atom. The molecular weight excluding hydrogens is 432 g/mol. The first kappa shape index (κ1) is 22.4. The molecule has 0 aromatic heterocycles. The van der Waals surface area contributed by atoms with Crippen molar-refractivity contribution in [3.05, 3.63) is 136 Å². The summed E-state index contributed by atoms with van der Waals surface area (Å²) in [6.45, 7) is 0.785. The van der Waals surface area contributed by atoms with E-state index >= 15 is 0 Å². The maximum atomic E-state index is 13.0. The van der Waals surface area contributed by atoms with Crippen LogP contribution in [-0.2, 0) is 13.2 Å². The minimum atomic E-state index is -0.150. The van der Waals surface area contributed by atoms with Gasteiger partial charge in [0.15, 0.2) is 5.78 Å². The van der Waals surface area contributed by atoms with Crippen LogP contribution in [0.15, 0.2) is 109 Å². The van der Waals surface area contributed by atoms with Crippen molar-refractivity contribution in [1.82, 2.24) is 0 Å². The molecule has 4 aromatic carbocycles. The number of ketones is 1. The molecule has 0 aliphatic carbocycles. The summed E-state index contributed by atoms with van der Waals surface area (Å²) < 4.78 is 12.0. The Bertz CT molecular complexity index is 1220. The van der Waals surface area contributed by atoms with Crippen molar-refractivity contribution in [3.63, 3.8) is 0 Å². The van der Waals surface area contributed by atoms with Crippen LogP contribution >= 0.6 is 11.6 Å². The number of benzene rings is 4. The first-order chi connectivity index (χ1) is 16.2. The van der Waals surface area contributed by atoms with Crippen LogP contribution in [0.5, 0.6) is 11.5 Å². The molecule has 3 nitrogen and oxygen atoms in total. The molecule has 4 aromatic rings. The summed E-state index contributed by atoms with van der Waals surface area (Å²) in [6.07, 6.45) is 3.30. The van der Waals surface area contributed by atoms with Gasteiger partial charge in [-0.3, -0.25) is 4.79 Å². The minimum absolute atomic E-state index is 0.150. The fraction of sp³-hybridized carbons (Fsp3) is 0.0690. The SMILES string of the molecule is O=C(/C=C/c1ccc(Cl)cc1)c1ccc(OCc2ccccc2)cc1OCc1ccccc1. The second-order valence-electron chi connectivity index (χ2n) is 7.46. The summed E-state index contributed by atoms with van der Waals surface area (Å²) in [5.74, 6) is 0.970. The van der Waals surface area contributed by atoms with E-state index in [1.165, 1.54) is 0 Å². The van der Waals surface area contributed by atoms with Crippen molar-refractivity contribution in [2.24, 2.45) is 0 Å². The van der Waals surface area contributed by atoms with Gasteiger partial charge < -0.3 is 9.47 Å². The fourth-order valence-electron chi connectivity index (χ4n) is 3.23. The first-order valence-electron chi connectivity index (χ1n) is 10.6. The number of carbonyl (C=O) groups is 1. The molecule has 4 rings (SSSR count). The van der Waals surface area contributed by atoms with E-state index in [1.807, 2.05) is 72.8 Å². The van der Waals surface area contributed by atoms with E-state index in [0.29, 0.717) is 35.3 Å². The Labute approximate surface area is 198 Å². The van der Waals surface area contributed by atoms with Gasteiger partial charge in [0.05, 0.1) is 5.56 Å². The van der Waals surface area contributed by atoms with Gasteiger partial charge in [0, 0.05) is 11.1 Å². The molecule has 0 aliphatic rings. The summed E-state index contributed by atoms with van der Waals surface area (Å²) >= 11 is 5.94. The summed E-state index contributed by atoms with van der Waals surface area (Å²) in [6, 6.07) is 32.4. The lowest BCUT2D eigenvalue weighted by Crippen LogP contribution is -2.04. The monoisotopic (exact) mass is 454 g/mol. The number of rotatable bonds is 9. The Kier molecular flexibility index (Phi) is 7.57. The Balaban J connectivity index is 1.54. The van der Waals surface area contributed by atoms with Crippen molar-refractivity contribution in [1.29, 1.82) is 0 Å². The summed E-state index contributed by atoms with van der Waals surface area (Å²) in [4.78, 5) is 13.0. The van der Waals surface area contributed by atoms with Gasteiger partial charge in [0.1, 0.15) is 24.7 Å². The van der Waals surface area contributed by atoms with E-state index in [9.17, 15) is 4.79 Å². The third-order valence-corrected chi connectivity index (χ3v) is 5.25. The van der Waals surface area contributed by atoms with Gasteiger partial charge in [-0.25, -0.2) is 0 Å². The molecule has 0 unspecified atom stereocenters. The maximum Gasteiger partial charge on any atom is 0.189 e. The van der Waals surface area contributed by atoms with Gasteiger partial charge in [0.2, 0.25) is 0 Å². The maximum absolute atomic E-state index is 13.0. The lowest BCUT2D eigenvalue weighted by molar-refractivity contribution is 0.104. The molecule has 0 N–H and O–H groups in total. The second kappa shape index (κ2) is 11.2. The molecule has 0 saturated heterocycles. The zero-order valence-electron chi connectivity index (χ0n) is 18.0. The highest BCUT2D eigenvalue weighted by molar-refractivity contribution is 6.30. The van der Waals surface area contributed by atoms with Gasteiger partial charge in [-0.05, 0) is 47.0 Å². The van der Waals surface area contributed by atoms with Crippen LogP contribution in [-0.4, -0.2) is 5.78 Å². The first-order valence-corrected chi connectivity index (χ1v) is 11.0. The highest BCUT2D eigenvalue weighted by Crippen LogP contribution is 2.27. The van der Waals surface area contributed by atoms with E-state index in [-0.39, 0.29) is 5.78 Å². The van der Waals surface area contributed by atoms with E-state index in [4.69, 9.17) is 21.1 Å². The molecule has 0 amide bonds. The average Bonchev–Trinajstić information content (AvgIpc) is 2.87. The number of allylic oxidation sites excluding steroid dienone is 1. The molecule has 0 saturated carbocycles. The van der Waals surface area contributed by atoms with E-state index < -0.39 is 0 Å². The highest BCUT2D eigenvalue weighted by atomic mass is 35.5. The highest BCUT2D eigenvalue weighted by Gasteiger charge is 2.13. The predicted molar refractivity (Wildman–Crippen MR) is 133 cm³/mol. The molecular formula is C29H23ClO3. The van der Waals surface area contributed by atoms with Crippen molar-refractivity contribution < 1.29 is 14.3 Å². The third-order valence-electron chi connectivity index (χ3n) is 5.00. The van der Waals surface area contributed by atoms with Gasteiger partial charge in [-0.2, -0.15) is 0 Å². The van der Waals surface area contributed by atoms with Crippen molar-refractivity contribution in [3.8, 4) is 11.5 Å². The zero-order chi connectivity index (χ0) is 22.9. The molecule has 0 aliphatic heterocycles. The van der Waals surface area contributed by atoms with Gasteiger partial charge >= 0.3 is 0 Å². The second-order valence-corrected chi connectivity index (χ2v) is 7.89. The topological polar surface area (TPSA) is 35.5 Å². The third kappa shape index (κ3) is 6.58. The van der Waals surface area contributed by atoms with Gasteiger partial charge in [-0.15, -0.1) is 0 Å². The number of halogens is 1. The molecule has 0 spiro atoms. The molecule has 164 valence electrons. The van der Waals surface area contributed by atoms with Gasteiger partial charge in [-0.1, -0.05) is 90.5 Å². The van der Waals surface area contributed by atoms with Crippen LogP contribution in [0.3, 0.4) is 0 Å². The quantitative estimate of drug-likeness (QED) is 0.195. The van der Waals surface area contributed by atoms with Crippen LogP contribution in [0.25, 0.3) is 6.08 Å². The minimum Gasteiger partial charge on any atom is -0.489 e. The van der Waals surface area contributed by atoms with Gasteiger partial charge in [0.25, 0.3) is 0 Å². The molecule has 33 heavy (non-hydrogen) atoms. The number of hydrogen-bond acceptors (Lipinski definition) is 3. The van der Waals surface area contributed by atoms with E-state index in [2.05, 4.69) is 0 Å². The smallest absolute Gasteiger partial charge is 0.189 e. The van der Waals surface area contributed by atoms with Crippen LogP contribution in [0.2, 0.25) is 5.02 Å². The van der Waals surface area contributed by atoms with Crippen LogP contribution in [0.4, 0.5) is 0 Å². The molecule has 0 atom stereocenters. The van der Waals surface area contributed by atoms with Crippen molar-refractivity contribution in [2.45, 2.75) is 13.2 Å². The Morgan fingerprint density at radius 3 is 1.97 bits per heavy atom. The molecule has 0 radical (unpaired) electrons. The van der Waals surface area contributed by atoms with E-state index in [1.54, 1.807) is 42.5 Å². The molecule has 4 heteroatoms. The van der Waals surface area contributed by atoms with Crippen LogP contribution in [0.1, 0.15) is 27.0 Å². The summed E-state index contributed by atoms with van der Waals surface area (Å²) in [5, 5.41) is 0.654. The number of hydrogen-bond donors (Lipinski definition) is 0. The fourth-order valence-corrected chi connectivity index (χ4v) is 3.35. The Morgan fingerprint density at radius 1 is 0.727 bits per heavy atom. The molecule has 0 bridgehead atoms. The zero-order valence-corrected chi connectivity index (χ0v) is 18.7. The normalized spacial score (nSPS) is 10.8. The van der Waals surface area contributed by atoms with Crippen molar-refractivity contribution >= 4 is 23.5 Å². The van der Waals surface area contributed by atoms with Crippen LogP contribution < -0.4 is 9.47 Å². The van der Waals surface area contributed by atoms with Crippen LogP contribution in [0, 0.1) is 0 Å². The predicted octanol–water partition coefficient (Wildman–Crippen LogP) is 7.39. The number of ether oxygens (including phenoxy) is 2. The van der Waals surface area contributed by atoms with Crippen molar-refractivity contribution in [2.75, 3.05) is 0 Å². The Hall–Kier alpha value is -3.82. The number of carbonyl (C=O) groups excluding carboxylic acids is 1. The average molecular weight is 455 g/mol. The molecule has 0 fully saturated rings. The largest absolute Gasteiger partial charge is 0.489 e. The lowest BCUT2D eigenvalue weighted by Gasteiger charge is -2.13. The standard InChI is InChI=1S/C29H23ClO3/c30-25-14-11-22(12-15-25)13-18-28(31)27-17-16-26(32-20-23-7-3-1-4-8-23)19-29(27)33-21-24-9-5-2-6-10-24/h1-19H,20-21H2/b18-13+. The van der Waals surface area contributed by atoms with E-state index in [0.717, 1.165) is 16.7 Å².